The summed E-state index contributed by atoms with van der Waals surface area (Å²) in [6, 6.07) is 22.0. The van der Waals surface area contributed by atoms with Crippen molar-refractivity contribution in [2.75, 3.05) is 27.2 Å². The first-order valence-corrected chi connectivity index (χ1v) is 12.4. The molecule has 7 heteroatoms. The van der Waals surface area contributed by atoms with Crippen molar-refractivity contribution < 1.29 is 4.79 Å². The van der Waals surface area contributed by atoms with Gasteiger partial charge in [-0.2, -0.15) is 0 Å². The third-order valence-corrected chi connectivity index (χ3v) is 6.57. The number of likely N-dealkylation sites (N-methyl/N-ethyl adjacent to an activating group) is 1. The second kappa shape index (κ2) is 10.5. The van der Waals surface area contributed by atoms with Crippen LogP contribution in [0.5, 0.6) is 0 Å². The number of halogens is 1. The Labute approximate surface area is 214 Å². The Kier molecular flexibility index (Phi) is 7.48. The van der Waals surface area contributed by atoms with Crippen molar-refractivity contribution in [3.63, 3.8) is 0 Å². The molecule has 0 spiro atoms. The van der Waals surface area contributed by atoms with Gasteiger partial charge < -0.3 is 9.80 Å². The number of aromatic nitrogens is 2. The van der Waals surface area contributed by atoms with E-state index in [1.165, 1.54) is 0 Å². The molecule has 1 atom stereocenters. The van der Waals surface area contributed by atoms with Crippen molar-refractivity contribution in [2.45, 2.75) is 19.9 Å². The predicted octanol–water partition coefficient (Wildman–Crippen LogP) is 5.22. The van der Waals surface area contributed by atoms with E-state index in [9.17, 15) is 9.59 Å². The number of carbonyl (C=O) groups is 1. The topological polar surface area (TPSA) is 58.4 Å². The molecule has 0 N–H and O–H groups in total. The van der Waals surface area contributed by atoms with E-state index >= 15 is 0 Å². The Morgan fingerprint density at radius 2 is 1.71 bits per heavy atom. The second-order valence-corrected chi connectivity index (χ2v) is 9.87. The van der Waals surface area contributed by atoms with Crippen molar-refractivity contribution in [3.8, 4) is 5.69 Å². The third-order valence-electron chi connectivity index (χ3n) is 6.04. The molecule has 6 nitrogen and oxygen atoms in total. The molecule has 35 heavy (non-hydrogen) atoms. The molecule has 0 aliphatic heterocycles. The molecule has 0 bridgehead atoms. The van der Waals surface area contributed by atoms with Gasteiger partial charge in [-0.05, 0) is 82.0 Å². The van der Waals surface area contributed by atoms with Crippen molar-refractivity contribution in [1.29, 1.82) is 0 Å². The van der Waals surface area contributed by atoms with Gasteiger partial charge in [0.05, 0.1) is 22.6 Å². The summed E-state index contributed by atoms with van der Waals surface area (Å²) in [5.74, 6) is 0.425. The predicted molar refractivity (Wildman–Crippen MR) is 144 cm³/mol. The van der Waals surface area contributed by atoms with Gasteiger partial charge in [0, 0.05) is 23.1 Å². The highest BCUT2D eigenvalue weighted by Gasteiger charge is 2.27. The van der Waals surface area contributed by atoms with Crippen molar-refractivity contribution in [3.05, 3.63) is 105 Å². The van der Waals surface area contributed by atoms with E-state index in [0.29, 0.717) is 35.4 Å². The number of amides is 1. The van der Waals surface area contributed by atoms with E-state index in [1.807, 2.05) is 99.6 Å². The Bertz CT molecular complexity index is 1410. The van der Waals surface area contributed by atoms with Crippen LogP contribution in [0.3, 0.4) is 0 Å². The smallest absolute Gasteiger partial charge is 0.266 e. The molecule has 0 aliphatic rings. The molecular weight excluding hydrogens is 504 g/mol. The number of rotatable bonds is 7. The van der Waals surface area contributed by atoms with Crippen LogP contribution in [0.15, 0.2) is 82.1 Å². The van der Waals surface area contributed by atoms with Gasteiger partial charge in [0.25, 0.3) is 11.5 Å². The fourth-order valence-corrected chi connectivity index (χ4v) is 4.39. The highest BCUT2D eigenvalue weighted by molar-refractivity contribution is 9.10. The zero-order chi connectivity index (χ0) is 25.1. The van der Waals surface area contributed by atoms with E-state index in [-0.39, 0.29) is 11.5 Å². The summed E-state index contributed by atoms with van der Waals surface area (Å²) >= 11 is 3.44. The van der Waals surface area contributed by atoms with Crippen LogP contribution in [0.1, 0.15) is 34.7 Å². The van der Waals surface area contributed by atoms with E-state index in [1.54, 1.807) is 15.5 Å². The summed E-state index contributed by atoms with van der Waals surface area (Å²) in [5.41, 5.74) is 2.83. The normalized spacial score (nSPS) is 12.2. The van der Waals surface area contributed by atoms with Crippen LogP contribution < -0.4 is 5.56 Å². The number of hydrogen-bond acceptors (Lipinski definition) is 4. The van der Waals surface area contributed by atoms with Gasteiger partial charge >= 0.3 is 0 Å². The summed E-state index contributed by atoms with van der Waals surface area (Å²) in [6.45, 7) is 5.09. The molecule has 4 aromatic rings. The van der Waals surface area contributed by atoms with Gasteiger partial charge in [0.1, 0.15) is 5.82 Å². The molecule has 1 heterocycles. The van der Waals surface area contributed by atoms with Crippen LogP contribution in [0.4, 0.5) is 0 Å². The van der Waals surface area contributed by atoms with Crippen LogP contribution in [0, 0.1) is 6.92 Å². The summed E-state index contributed by atoms with van der Waals surface area (Å²) in [7, 11) is 3.95. The van der Waals surface area contributed by atoms with Gasteiger partial charge in [0.2, 0.25) is 0 Å². The Morgan fingerprint density at radius 3 is 2.40 bits per heavy atom. The van der Waals surface area contributed by atoms with Gasteiger partial charge in [-0.15, -0.1) is 0 Å². The molecule has 1 aromatic heterocycles. The maximum absolute atomic E-state index is 13.7. The molecule has 0 saturated carbocycles. The van der Waals surface area contributed by atoms with Crippen LogP contribution >= 0.6 is 15.9 Å². The minimum Gasteiger partial charge on any atom is -0.327 e. The quantitative estimate of drug-likeness (QED) is 0.327. The van der Waals surface area contributed by atoms with E-state index in [0.717, 1.165) is 15.7 Å². The maximum atomic E-state index is 13.7. The number of fused-ring (bicyclic) bond motifs is 1. The standard InChI is InChI=1S/C28H29BrN4O2/c1-19-8-7-9-23(18-19)33-26(30-25-11-6-5-10-24(25)28(33)35)20(2)32(17-16-31(3)4)27(34)21-12-14-22(29)15-13-21/h5-15,18,20H,16-17H2,1-4H3. The Balaban J connectivity index is 1.90. The van der Waals surface area contributed by atoms with Crippen LogP contribution in [-0.2, 0) is 0 Å². The van der Waals surface area contributed by atoms with Crippen molar-refractivity contribution in [1.82, 2.24) is 19.4 Å². The van der Waals surface area contributed by atoms with Gasteiger partial charge in [-0.25, -0.2) is 4.98 Å². The van der Waals surface area contributed by atoms with Crippen molar-refractivity contribution >= 4 is 32.7 Å². The molecule has 180 valence electrons. The number of para-hydroxylation sites is 1. The summed E-state index contributed by atoms with van der Waals surface area (Å²) in [5, 5.41) is 0.545. The minimum atomic E-state index is -0.455. The zero-order valence-corrected chi connectivity index (χ0v) is 22.0. The van der Waals surface area contributed by atoms with Gasteiger partial charge in [-0.1, -0.05) is 40.2 Å². The van der Waals surface area contributed by atoms with Gasteiger partial charge in [0.15, 0.2) is 0 Å². The Hall–Kier alpha value is -3.29. The highest BCUT2D eigenvalue weighted by Crippen LogP contribution is 2.25. The number of carbonyl (C=O) groups excluding carboxylic acids is 1. The van der Waals surface area contributed by atoms with Gasteiger partial charge in [-0.3, -0.25) is 14.2 Å². The monoisotopic (exact) mass is 532 g/mol. The molecular formula is C28H29BrN4O2. The molecule has 0 saturated heterocycles. The molecule has 4 rings (SSSR count). The lowest BCUT2D eigenvalue weighted by atomic mass is 10.1. The highest BCUT2D eigenvalue weighted by atomic mass is 79.9. The van der Waals surface area contributed by atoms with E-state index < -0.39 is 6.04 Å². The number of aryl methyl sites for hydroxylation is 1. The fraction of sp³-hybridized carbons (Fsp3) is 0.250. The molecule has 0 radical (unpaired) electrons. The summed E-state index contributed by atoms with van der Waals surface area (Å²) in [6.07, 6.45) is 0. The lowest BCUT2D eigenvalue weighted by molar-refractivity contribution is 0.0667. The third kappa shape index (κ3) is 5.36. The van der Waals surface area contributed by atoms with Crippen LogP contribution in [-0.4, -0.2) is 52.4 Å². The van der Waals surface area contributed by atoms with Crippen LogP contribution in [0.25, 0.3) is 16.6 Å². The Morgan fingerprint density at radius 1 is 1.00 bits per heavy atom. The molecule has 1 unspecified atom stereocenters. The number of nitrogens with zero attached hydrogens (tertiary/aromatic N) is 4. The number of benzene rings is 3. The molecule has 1 amide bonds. The summed E-state index contributed by atoms with van der Waals surface area (Å²) in [4.78, 5) is 36.2. The van der Waals surface area contributed by atoms with Crippen LogP contribution in [0.2, 0.25) is 0 Å². The first kappa shape index (κ1) is 24.8. The second-order valence-electron chi connectivity index (χ2n) is 8.95. The SMILES string of the molecule is Cc1cccc(-n2c(C(C)N(CCN(C)C)C(=O)c3ccc(Br)cc3)nc3ccccc3c2=O)c1. The fourth-order valence-electron chi connectivity index (χ4n) is 4.12. The zero-order valence-electron chi connectivity index (χ0n) is 20.4. The first-order chi connectivity index (χ1) is 16.8. The minimum absolute atomic E-state index is 0.106. The lowest BCUT2D eigenvalue weighted by Gasteiger charge is -2.31. The van der Waals surface area contributed by atoms with E-state index in [2.05, 4.69) is 15.9 Å². The average molecular weight is 533 g/mol. The first-order valence-electron chi connectivity index (χ1n) is 11.6. The van der Waals surface area contributed by atoms with E-state index in [4.69, 9.17) is 4.98 Å². The average Bonchev–Trinajstić information content (AvgIpc) is 2.84. The van der Waals surface area contributed by atoms with Crippen molar-refractivity contribution in [2.24, 2.45) is 0 Å². The molecule has 0 fully saturated rings. The summed E-state index contributed by atoms with van der Waals surface area (Å²) < 4.78 is 2.56. The largest absolute Gasteiger partial charge is 0.327 e. The molecule has 3 aromatic carbocycles. The lowest BCUT2D eigenvalue weighted by Crippen LogP contribution is -2.41. The maximum Gasteiger partial charge on any atom is 0.266 e. The number of hydrogen-bond donors (Lipinski definition) is 0. The molecule has 0 aliphatic carbocycles.